The fourth-order valence-corrected chi connectivity index (χ4v) is 2.10. The van der Waals surface area contributed by atoms with Crippen molar-refractivity contribution in [2.24, 2.45) is 5.73 Å². The van der Waals surface area contributed by atoms with Gasteiger partial charge in [0.15, 0.2) is 0 Å². The standard InChI is InChI=1S/C14H15BrN4O2/c15-9-7-12(18-8-9)14(21)19-11-4-2-1-3-10(11)13(20)17-6-5-16/h1-4,7-8,18H,5-6,16H2,(H,17,20)(H,19,21). The molecule has 5 N–H and O–H groups in total. The first-order chi connectivity index (χ1) is 10.1. The topological polar surface area (TPSA) is 100 Å². The van der Waals surface area contributed by atoms with E-state index >= 15 is 0 Å². The van der Waals surface area contributed by atoms with E-state index in [1.54, 1.807) is 36.5 Å². The molecule has 0 fully saturated rings. The van der Waals surface area contributed by atoms with Crippen molar-refractivity contribution in [3.05, 3.63) is 52.3 Å². The minimum atomic E-state index is -0.320. The molecule has 0 unspecified atom stereocenters. The lowest BCUT2D eigenvalue weighted by atomic mass is 10.1. The molecule has 1 aromatic carbocycles. The number of aromatic nitrogens is 1. The van der Waals surface area contributed by atoms with Crippen molar-refractivity contribution < 1.29 is 9.59 Å². The Labute approximate surface area is 130 Å². The van der Waals surface area contributed by atoms with Crippen LogP contribution in [0.3, 0.4) is 0 Å². The molecule has 7 heteroatoms. The Hall–Kier alpha value is -2.12. The maximum atomic E-state index is 12.1. The van der Waals surface area contributed by atoms with Crippen LogP contribution in [-0.2, 0) is 0 Å². The van der Waals surface area contributed by atoms with E-state index in [0.717, 1.165) is 4.47 Å². The lowest BCUT2D eigenvalue weighted by Crippen LogP contribution is -2.30. The van der Waals surface area contributed by atoms with E-state index in [2.05, 4.69) is 31.5 Å². The predicted octanol–water partition coefficient (Wildman–Crippen LogP) is 1.72. The highest BCUT2D eigenvalue weighted by Gasteiger charge is 2.14. The number of carbonyl (C=O) groups is 2. The molecule has 2 amide bonds. The van der Waals surface area contributed by atoms with Crippen LogP contribution in [0.5, 0.6) is 0 Å². The van der Waals surface area contributed by atoms with E-state index in [1.807, 2.05) is 0 Å². The Bertz CT molecular complexity index is 654. The fraction of sp³-hybridized carbons (Fsp3) is 0.143. The molecule has 2 rings (SSSR count). The van der Waals surface area contributed by atoms with Crippen LogP contribution < -0.4 is 16.4 Å². The third kappa shape index (κ3) is 3.93. The molecule has 0 spiro atoms. The van der Waals surface area contributed by atoms with Gasteiger partial charge in [-0.25, -0.2) is 0 Å². The van der Waals surface area contributed by atoms with Gasteiger partial charge in [0, 0.05) is 23.8 Å². The minimum absolute atomic E-state index is 0.274. The summed E-state index contributed by atoms with van der Waals surface area (Å²) in [5, 5.41) is 5.39. The lowest BCUT2D eigenvalue weighted by Gasteiger charge is -2.10. The Kier molecular flexibility index (Phi) is 5.13. The SMILES string of the molecule is NCCNC(=O)c1ccccc1NC(=O)c1cc(Br)c[nH]1. The lowest BCUT2D eigenvalue weighted by molar-refractivity contribution is 0.0955. The summed E-state index contributed by atoms with van der Waals surface area (Å²) in [7, 11) is 0. The molecule has 0 bridgehead atoms. The summed E-state index contributed by atoms with van der Waals surface area (Å²) in [4.78, 5) is 26.9. The molecule has 0 aliphatic rings. The summed E-state index contributed by atoms with van der Waals surface area (Å²) < 4.78 is 0.779. The maximum Gasteiger partial charge on any atom is 0.272 e. The molecule has 0 saturated carbocycles. The Morgan fingerprint density at radius 1 is 1.24 bits per heavy atom. The Morgan fingerprint density at radius 3 is 2.67 bits per heavy atom. The largest absolute Gasteiger partial charge is 0.356 e. The summed E-state index contributed by atoms with van der Waals surface area (Å²) in [6.07, 6.45) is 1.66. The average molecular weight is 351 g/mol. The number of amides is 2. The summed E-state index contributed by atoms with van der Waals surface area (Å²) >= 11 is 3.26. The molecule has 2 aromatic rings. The minimum Gasteiger partial charge on any atom is -0.356 e. The number of nitrogens with two attached hydrogens (primary N) is 1. The number of anilines is 1. The molecule has 1 heterocycles. The van der Waals surface area contributed by atoms with Crippen molar-refractivity contribution in [3.63, 3.8) is 0 Å². The second-order valence-corrected chi connectivity index (χ2v) is 5.19. The van der Waals surface area contributed by atoms with Crippen LogP contribution >= 0.6 is 15.9 Å². The monoisotopic (exact) mass is 350 g/mol. The molecule has 0 saturated heterocycles. The zero-order valence-electron chi connectivity index (χ0n) is 11.2. The second kappa shape index (κ2) is 7.05. The number of carbonyl (C=O) groups excluding carboxylic acids is 2. The van der Waals surface area contributed by atoms with Crippen LogP contribution in [0.2, 0.25) is 0 Å². The zero-order valence-corrected chi connectivity index (χ0v) is 12.7. The smallest absolute Gasteiger partial charge is 0.272 e. The van der Waals surface area contributed by atoms with Gasteiger partial charge in [0.25, 0.3) is 11.8 Å². The number of para-hydroxylation sites is 1. The molecule has 21 heavy (non-hydrogen) atoms. The summed E-state index contributed by atoms with van der Waals surface area (Å²) in [5.74, 6) is -0.594. The number of nitrogens with one attached hydrogen (secondary N) is 3. The normalized spacial score (nSPS) is 10.2. The van der Waals surface area contributed by atoms with E-state index in [0.29, 0.717) is 30.0 Å². The van der Waals surface area contributed by atoms with Crippen molar-refractivity contribution in [2.45, 2.75) is 0 Å². The van der Waals surface area contributed by atoms with Gasteiger partial charge < -0.3 is 21.4 Å². The molecule has 6 nitrogen and oxygen atoms in total. The predicted molar refractivity (Wildman–Crippen MR) is 84.3 cm³/mol. The first-order valence-corrected chi connectivity index (χ1v) is 7.13. The highest BCUT2D eigenvalue weighted by molar-refractivity contribution is 9.10. The van der Waals surface area contributed by atoms with Crippen LogP contribution in [0.15, 0.2) is 41.0 Å². The summed E-state index contributed by atoms with van der Waals surface area (Å²) in [6.45, 7) is 0.738. The summed E-state index contributed by atoms with van der Waals surface area (Å²) in [6, 6.07) is 8.46. The fourth-order valence-electron chi connectivity index (χ4n) is 1.76. The van der Waals surface area contributed by atoms with E-state index in [4.69, 9.17) is 5.73 Å². The van der Waals surface area contributed by atoms with Crippen LogP contribution in [0.4, 0.5) is 5.69 Å². The van der Waals surface area contributed by atoms with Gasteiger partial charge in [-0.05, 0) is 34.1 Å². The summed E-state index contributed by atoms with van der Waals surface area (Å²) in [5.41, 5.74) is 6.60. The number of rotatable bonds is 5. The number of hydrogen-bond acceptors (Lipinski definition) is 3. The van der Waals surface area contributed by atoms with Crippen LogP contribution in [0, 0.1) is 0 Å². The molecular weight excluding hydrogens is 336 g/mol. The van der Waals surface area contributed by atoms with Crippen molar-refractivity contribution in [2.75, 3.05) is 18.4 Å². The van der Waals surface area contributed by atoms with E-state index in [1.165, 1.54) is 0 Å². The van der Waals surface area contributed by atoms with E-state index in [9.17, 15) is 9.59 Å². The molecule has 110 valence electrons. The number of aromatic amines is 1. The van der Waals surface area contributed by atoms with Crippen molar-refractivity contribution >= 4 is 33.4 Å². The third-order valence-corrected chi connectivity index (χ3v) is 3.20. The number of halogens is 1. The van der Waals surface area contributed by atoms with Gasteiger partial charge >= 0.3 is 0 Å². The molecule has 1 aromatic heterocycles. The highest BCUT2D eigenvalue weighted by Crippen LogP contribution is 2.17. The Morgan fingerprint density at radius 2 is 2.00 bits per heavy atom. The van der Waals surface area contributed by atoms with Crippen LogP contribution in [0.25, 0.3) is 0 Å². The average Bonchev–Trinajstić information content (AvgIpc) is 2.92. The first kappa shape index (κ1) is 15.3. The highest BCUT2D eigenvalue weighted by atomic mass is 79.9. The van der Waals surface area contributed by atoms with Crippen molar-refractivity contribution in [1.29, 1.82) is 0 Å². The van der Waals surface area contributed by atoms with Crippen molar-refractivity contribution in [3.8, 4) is 0 Å². The molecule has 0 aliphatic heterocycles. The Balaban J connectivity index is 2.16. The number of H-pyrrole nitrogens is 1. The van der Waals surface area contributed by atoms with Gasteiger partial charge in [0.2, 0.25) is 0 Å². The van der Waals surface area contributed by atoms with Gasteiger partial charge in [-0.1, -0.05) is 12.1 Å². The van der Waals surface area contributed by atoms with Gasteiger partial charge in [-0.3, -0.25) is 9.59 Å². The molecule has 0 atom stereocenters. The van der Waals surface area contributed by atoms with E-state index < -0.39 is 0 Å². The number of benzene rings is 1. The second-order valence-electron chi connectivity index (χ2n) is 4.28. The number of hydrogen-bond donors (Lipinski definition) is 4. The van der Waals surface area contributed by atoms with Gasteiger partial charge in [0.1, 0.15) is 5.69 Å². The van der Waals surface area contributed by atoms with Crippen molar-refractivity contribution in [1.82, 2.24) is 10.3 Å². The van der Waals surface area contributed by atoms with E-state index in [-0.39, 0.29) is 11.8 Å². The van der Waals surface area contributed by atoms with Gasteiger partial charge in [-0.2, -0.15) is 0 Å². The van der Waals surface area contributed by atoms with Gasteiger partial charge in [0.05, 0.1) is 11.3 Å². The third-order valence-electron chi connectivity index (χ3n) is 2.74. The molecule has 0 aliphatic carbocycles. The first-order valence-electron chi connectivity index (χ1n) is 6.34. The zero-order chi connectivity index (χ0) is 15.2. The molecular formula is C14H15BrN4O2. The molecule has 0 radical (unpaired) electrons. The van der Waals surface area contributed by atoms with Gasteiger partial charge in [-0.15, -0.1) is 0 Å². The van der Waals surface area contributed by atoms with Crippen LogP contribution in [-0.4, -0.2) is 29.9 Å². The quantitative estimate of drug-likeness (QED) is 0.660. The van der Waals surface area contributed by atoms with Crippen LogP contribution in [0.1, 0.15) is 20.8 Å². The maximum absolute atomic E-state index is 12.1.